The van der Waals surface area contributed by atoms with Crippen molar-refractivity contribution in [2.75, 3.05) is 19.6 Å². The normalized spacial score (nSPS) is 32.0. The topological polar surface area (TPSA) is 3.24 Å². The van der Waals surface area contributed by atoms with Gasteiger partial charge in [-0.15, -0.1) is 11.6 Å². The molecule has 1 fully saturated rings. The summed E-state index contributed by atoms with van der Waals surface area (Å²) in [6.45, 7) is 5.78. The Morgan fingerprint density at radius 3 is 2.95 bits per heavy atom. The van der Waals surface area contributed by atoms with Crippen molar-refractivity contribution in [2.45, 2.75) is 43.9 Å². The predicted octanol–water partition coefficient (Wildman–Crippen LogP) is 4.06. The van der Waals surface area contributed by atoms with Gasteiger partial charge in [0.1, 0.15) is 0 Å². The summed E-state index contributed by atoms with van der Waals surface area (Å²) in [6.07, 6.45) is 5.20. The van der Waals surface area contributed by atoms with Crippen LogP contribution >= 0.6 is 11.6 Å². The zero-order chi connectivity index (χ0) is 13.2. The van der Waals surface area contributed by atoms with Gasteiger partial charge in [-0.1, -0.05) is 31.2 Å². The summed E-state index contributed by atoms with van der Waals surface area (Å²) in [4.78, 5) is 2.59. The summed E-state index contributed by atoms with van der Waals surface area (Å²) in [5.41, 5.74) is 3.17. The Morgan fingerprint density at radius 1 is 1.26 bits per heavy atom. The van der Waals surface area contributed by atoms with Crippen molar-refractivity contribution >= 4 is 11.6 Å². The highest BCUT2D eigenvalue weighted by Gasteiger charge is 2.28. The van der Waals surface area contributed by atoms with Crippen LogP contribution in [0.5, 0.6) is 0 Å². The fourth-order valence-electron chi connectivity index (χ4n) is 3.61. The Bertz CT molecular complexity index is 431. The standard InChI is InChI=1S/C17H24ClN/c1-13-9-10-19(12-17(13)18)11-15-7-4-6-14-5-2-3-8-16(14)15/h2-3,5,8,13,15,17H,4,6-7,9-12H2,1H3. The van der Waals surface area contributed by atoms with Crippen LogP contribution < -0.4 is 0 Å². The van der Waals surface area contributed by atoms with Gasteiger partial charge in [0.25, 0.3) is 0 Å². The number of hydrogen-bond donors (Lipinski definition) is 0. The summed E-state index contributed by atoms with van der Waals surface area (Å²) in [7, 11) is 0. The van der Waals surface area contributed by atoms with Crippen LogP contribution in [0.3, 0.4) is 0 Å². The van der Waals surface area contributed by atoms with Crippen LogP contribution in [0.4, 0.5) is 0 Å². The number of rotatable bonds is 2. The van der Waals surface area contributed by atoms with Gasteiger partial charge in [-0.2, -0.15) is 0 Å². The van der Waals surface area contributed by atoms with Gasteiger partial charge in [-0.3, -0.25) is 0 Å². The molecule has 1 saturated heterocycles. The lowest BCUT2D eigenvalue weighted by Gasteiger charge is -2.37. The maximum Gasteiger partial charge on any atom is 0.0489 e. The molecule has 1 aromatic rings. The molecule has 19 heavy (non-hydrogen) atoms. The molecule has 1 aromatic carbocycles. The lowest BCUT2D eigenvalue weighted by molar-refractivity contribution is 0.182. The summed E-state index contributed by atoms with van der Waals surface area (Å²) < 4.78 is 0. The number of benzene rings is 1. The van der Waals surface area contributed by atoms with Gasteiger partial charge in [-0.05, 0) is 55.2 Å². The van der Waals surface area contributed by atoms with Crippen LogP contribution in [0.1, 0.15) is 43.2 Å². The first kappa shape index (κ1) is 13.5. The Hall–Kier alpha value is -0.530. The van der Waals surface area contributed by atoms with Gasteiger partial charge in [-0.25, -0.2) is 0 Å². The van der Waals surface area contributed by atoms with Crippen LogP contribution in [-0.2, 0) is 6.42 Å². The SMILES string of the molecule is CC1CCN(CC2CCCc3ccccc32)CC1Cl. The zero-order valence-electron chi connectivity index (χ0n) is 11.8. The predicted molar refractivity (Wildman–Crippen MR) is 82.0 cm³/mol. The molecule has 3 unspecified atom stereocenters. The molecule has 1 nitrogen and oxygen atoms in total. The third-order valence-corrected chi connectivity index (χ3v) is 5.49. The van der Waals surface area contributed by atoms with E-state index in [1.54, 1.807) is 11.1 Å². The van der Waals surface area contributed by atoms with E-state index in [4.69, 9.17) is 11.6 Å². The van der Waals surface area contributed by atoms with Crippen molar-refractivity contribution in [1.82, 2.24) is 4.90 Å². The van der Waals surface area contributed by atoms with Crippen LogP contribution in [-0.4, -0.2) is 29.9 Å². The lowest BCUT2D eigenvalue weighted by Crippen LogP contribution is -2.42. The quantitative estimate of drug-likeness (QED) is 0.737. The monoisotopic (exact) mass is 277 g/mol. The number of nitrogens with zero attached hydrogens (tertiary/aromatic N) is 1. The van der Waals surface area contributed by atoms with E-state index in [0.29, 0.717) is 11.3 Å². The molecule has 3 rings (SSSR count). The van der Waals surface area contributed by atoms with Crippen molar-refractivity contribution in [2.24, 2.45) is 5.92 Å². The van der Waals surface area contributed by atoms with E-state index >= 15 is 0 Å². The van der Waals surface area contributed by atoms with Crippen LogP contribution in [0.25, 0.3) is 0 Å². The Balaban J connectivity index is 1.68. The molecule has 0 bridgehead atoms. The molecule has 0 spiro atoms. The maximum atomic E-state index is 6.44. The van der Waals surface area contributed by atoms with E-state index in [1.165, 1.54) is 38.8 Å². The van der Waals surface area contributed by atoms with Gasteiger partial charge in [0.2, 0.25) is 0 Å². The molecular formula is C17H24ClN. The minimum absolute atomic E-state index is 0.340. The van der Waals surface area contributed by atoms with Gasteiger partial charge >= 0.3 is 0 Å². The second kappa shape index (κ2) is 5.85. The highest BCUT2D eigenvalue weighted by Crippen LogP contribution is 2.33. The van der Waals surface area contributed by atoms with E-state index in [1.807, 2.05) is 0 Å². The second-order valence-corrected chi connectivity index (χ2v) is 6.89. The maximum absolute atomic E-state index is 6.44. The number of halogens is 1. The minimum Gasteiger partial charge on any atom is -0.301 e. The van der Waals surface area contributed by atoms with Gasteiger partial charge in [0.05, 0.1) is 0 Å². The minimum atomic E-state index is 0.340. The smallest absolute Gasteiger partial charge is 0.0489 e. The molecule has 1 heterocycles. The average molecular weight is 278 g/mol. The van der Waals surface area contributed by atoms with E-state index < -0.39 is 0 Å². The van der Waals surface area contributed by atoms with E-state index in [9.17, 15) is 0 Å². The lowest BCUT2D eigenvalue weighted by atomic mass is 9.82. The van der Waals surface area contributed by atoms with E-state index in [0.717, 1.165) is 12.5 Å². The molecule has 2 heteroatoms. The molecule has 2 aliphatic rings. The molecule has 104 valence electrons. The number of fused-ring (bicyclic) bond motifs is 1. The molecule has 3 atom stereocenters. The van der Waals surface area contributed by atoms with Crippen LogP contribution in [0.2, 0.25) is 0 Å². The molecule has 1 aliphatic heterocycles. The van der Waals surface area contributed by atoms with Crippen molar-refractivity contribution in [3.63, 3.8) is 0 Å². The Labute approximate surface area is 121 Å². The van der Waals surface area contributed by atoms with Crippen molar-refractivity contribution in [3.05, 3.63) is 35.4 Å². The number of piperidine rings is 1. The van der Waals surface area contributed by atoms with E-state index in [-0.39, 0.29) is 0 Å². The first-order chi connectivity index (χ1) is 9.24. The summed E-state index contributed by atoms with van der Waals surface area (Å²) in [5.74, 6) is 1.40. The van der Waals surface area contributed by atoms with Crippen molar-refractivity contribution in [1.29, 1.82) is 0 Å². The fourth-order valence-corrected chi connectivity index (χ4v) is 3.93. The number of aryl methyl sites for hydroxylation is 1. The molecular weight excluding hydrogens is 254 g/mol. The number of alkyl halides is 1. The molecule has 0 N–H and O–H groups in total. The highest BCUT2D eigenvalue weighted by atomic mass is 35.5. The zero-order valence-corrected chi connectivity index (χ0v) is 12.6. The number of hydrogen-bond acceptors (Lipinski definition) is 1. The Morgan fingerprint density at radius 2 is 2.11 bits per heavy atom. The van der Waals surface area contributed by atoms with Crippen LogP contribution in [0, 0.1) is 5.92 Å². The number of likely N-dealkylation sites (tertiary alicyclic amines) is 1. The third-order valence-electron chi connectivity index (χ3n) is 4.92. The summed E-state index contributed by atoms with van der Waals surface area (Å²) in [6, 6.07) is 9.02. The highest BCUT2D eigenvalue weighted by molar-refractivity contribution is 6.21. The van der Waals surface area contributed by atoms with Crippen LogP contribution in [0.15, 0.2) is 24.3 Å². The van der Waals surface area contributed by atoms with Crippen molar-refractivity contribution in [3.8, 4) is 0 Å². The third kappa shape index (κ3) is 2.98. The van der Waals surface area contributed by atoms with E-state index in [2.05, 4.69) is 36.1 Å². The van der Waals surface area contributed by atoms with Gasteiger partial charge < -0.3 is 4.90 Å². The fraction of sp³-hybridized carbons (Fsp3) is 0.647. The summed E-state index contributed by atoms with van der Waals surface area (Å²) >= 11 is 6.44. The first-order valence-electron chi connectivity index (χ1n) is 7.68. The summed E-state index contributed by atoms with van der Waals surface area (Å²) in [5, 5.41) is 0.340. The van der Waals surface area contributed by atoms with Gasteiger partial charge in [0, 0.05) is 18.5 Å². The molecule has 1 aliphatic carbocycles. The second-order valence-electron chi connectivity index (χ2n) is 6.33. The molecule has 0 amide bonds. The largest absolute Gasteiger partial charge is 0.301 e. The average Bonchev–Trinajstić information content (AvgIpc) is 2.43. The Kier molecular flexibility index (Phi) is 4.14. The van der Waals surface area contributed by atoms with Crippen molar-refractivity contribution < 1.29 is 0 Å². The van der Waals surface area contributed by atoms with Gasteiger partial charge in [0.15, 0.2) is 0 Å². The molecule has 0 radical (unpaired) electrons. The molecule has 0 aromatic heterocycles. The first-order valence-corrected chi connectivity index (χ1v) is 8.12. The molecule has 0 saturated carbocycles.